The second-order valence-electron chi connectivity index (χ2n) is 6.85. The van der Waals surface area contributed by atoms with Gasteiger partial charge in [-0.2, -0.15) is 20.1 Å². The highest BCUT2D eigenvalue weighted by Crippen LogP contribution is 2.23. The van der Waals surface area contributed by atoms with Crippen LogP contribution < -0.4 is 25.1 Å². The third-order valence-corrected chi connectivity index (χ3v) is 4.76. The Hall–Kier alpha value is -3.92. The standard InChI is InChI=1S/C22H25N7O3/c1-30-18-9-8-16(19(14-18)31-2)15-23-28-21-25-20(24-17-6-4-3-5-7-17)26-22(27-21)29-10-12-32-13-11-29/h3-9,14-15H,10-13H2,1-2H3,(H2,24,25,26,27,28)/b23-15-. The van der Waals surface area contributed by atoms with Gasteiger partial charge in [0.25, 0.3) is 0 Å². The number of morpholine rings is 1. The number of nitrogens with one attached hydrogen (secondary N) is 2. The maximum absolute atomic E-state index is 5.44. The number of aromatic nitrogens is 3. The number of hydrogen-bond donors (Lipinski definition) is 2. The van der Waals surface area contributed by atoms with E-state index in [-0.39, 0.29) is 0 Å². The molecule has 0 atom stereocenters. The monoisotopic (exact) mass is 435 g/mol. The molecule has 2 aromatic carbocycles. The Labute approximate surface area is 186 Å². The number of benzene rings is 2. The van der Waals surface area contributed by atoms with Crippen molar-refractivity contribution < 1.29 is 14.2 Å². The number of hydrazone groups is 1. The van der Waals surface area contributed by atoms with E-state index in [1.54, 1.807) is 26.5 Å². The minimum atomic E-state index is 0.323. The van der Waals surface area contributed by atoms with Gasteiger partial charge in [0.1, 0.15) is 11.5 Å². The van der Waals surface area contributed by atoms with E-state index in [0.717, 1.165) is 11.3 Å². The molecule has 1 aromatic heterocycles. The molecule has 10 heteroatoms. The SMILES string of the molecule is COc1ccc(/C=N\Nc2nc(Nc3ccccc3)nc(N3CCOCC3)n2)c(OC)c1. The molecule has 1 aliphatic rings. The number of methoxy groups -OCH3 is 2. The fourth-order valence-electron chi connectivity index (χ4n) is 3.11. The van der Waals surface area contributed by atoms with Gasteiger partial charge >= 0.3 is 0 Å². The minimum absolute atomic E-state index is 0.323. The molecule has 10 nitrogen and oxygen atoms in total. The van der Waals surface area contributed by atoms with Crippen LogP contribution in [0.4, 0.5) is 23.5 Å². The first-order valence-corrected chi connectivity index (χ1v) is 10.2. The van der Waals surface area contributed by atoms with Crippen molar-refractivity contribution in [1.29, 1.82) is 0 Å². The van der Waals surface area contributed by atoms with Gasteiger partial charge in [0.05, 0.1) is 33.6 Å². The molecule has 0 amide bonds. The van der Waals surface area contributed by atoms with Gasteiger partial charge in [-0.05, 0) is 24.3 Å². The Kier molecular flexibility index (Phi) is 6.93. The molecule has 2 N–H and O–H groups in total. The second-order valence-corrected chi connectivity index (χ2v) is 6.85. The predicted molar refractivity (Wildman–Crippen MR) is 123 cm³/mol. The number of nitrogens with zero attached hydrogens (tertiary/aromatic N) is 5. The molecule has 1 fully saturated rings. The van der Waals surface area contributed by atoms with Crippen molar-refractivity contribution in [2.75, 3.05) is 56.2 Å². The van der Waals surface area contributed by atoms with Crippen LogP contribution in [0.5, 0.6) is 11.5 Å². The molecular weight excluding hydrogens is 410 g/mol. The Morgan fingerprint density at radius 3 is 2.50 bits per heavy atom. The average molecular weight is 435 g/mol. The first-order valence-electron chi connectivity index (χ1n) is 10.2. The summed E-state index contributed by atoms with van der Waals surface area (Å²) in [5, 5.41) is 7.51. The fourth-order valence-corrected chi connectivity index (χ4v) is 3.11. The zero-order chi connectivity index (χ0) is 22.2. The van der Waals surface area contributed by atoms with Gasteiger partial charge in [-0.15, -0.1) is 0 Å². The summed E-state index contributed by atoms with van der Waals surface area (Å²) < 4.78 is 16.1. The molecular formula is C22H25N7O3. The Morgan fingerprint density at radius 2 is 1.75 bits per heavy atom. The van der Waals surface area contributed by atoms with Gasteiger partial charge in [-0.3, -0.25) is 0 Å². The number of hydrogen-bond acceptors (Lipinski definition) is 10. The first kappa shape index (κ1) is 21.3. The molecule has 0 radical (unpaired) electrons. The van der Waals surface area contributed by atoms with Crippen LogP contribution in [-0.4, -0.2) is 61.7 Å². The van der Waals surface area contributed by atoms with Crippen molar-refractivity contribution in [3.8, 4) is 11.5 Å². The molecule has 1 saturated heterocycles. The van der Waals surface area contributed by atoms with Gasteiger partial charge in [0, 0.05) is 30.4 Å². The second kappa shape index (κ2) is 10.4. The van der Waals surface area contributed by atoms with Crippen LogP contribution in [-0.2, 0) is 4.74 Å². The molecule has 4 rings (SSSR count). The molecule has 3 aromatic rings. The highest BCUT2D eigenvalue weighted by Gasteiger charge is 2.16. The average Bonchev–Trinajstić information content (AvgIpc) is 2.85. The quantitative estimate of drug-likeness (QED) is 0.408. The predicted octanol–water partition coefficient (Wildman–Crippen LogP) is 2.92. The maximum atomic E-state index is 5.44. The van der Waals surface area contributed by atoms with Gasteiger partial charge < -0.3 is 24.4 Å². The van der Waals surface area contributed by atoms with Crippen molar-refractivity contribution >= 4 is 29.7 Å². The van der Waals surface area contributed by atoms with E-state index in [9.17, 15) is 0 Å². The summed E-state index contributed by atoms with van der Waals surface area (Å²) in [4.78, 5) is 15.6. The topological polar surface area (TPSA) is 106 Å². The summed E-state index contributed by atoms with van der Waals surface area (Å²) in [6, 6.07) is 15.2. The lowest BCUT2D eigenvalue weighted by molar-refractivity contribution is 0.122. The highest BCUT2D eigenvalue weighted by molar-refractivity contribution is 5.84. The normalized spacial score (nSPS) is 13.8. The third kappa shape index (κ3) is 5.41. The van der Waals surface area contributed by atoms with Crippen LogP contribution in [0.15, 0.2) is 53.6 Å². The van der Waals surface area contributed by atoms with E-state index >= 15 is 0 Å². The molecule has 0 aliphatic carbocycles. The number of anilines is 4. The lowest BCUT2D eigenvalue weighted by Crippen LogP contribution is -2.37. The Morgan fingerprint density at radius 1 is 0.969 bits per heavy atom. The van der Waals surface area contributed by atoms with Crippen molar-refractivity contribution in [2.24, 2.45) is 5.10 Å². The first-order chi connectivity index (χ1) is 15.7. The summed E-state index contributed by atoms with van der Waals surface area (Å²) in [5.74, 6) is 2.65. The summed E-state index contributed by atoms with van der Waals surface area (Å²) in [6.45, 7) is 2.68. The zero-order valence-electron chi connectivity index (χ0n) is 18.0. The van der Waals surface area contributed by atoms with Crippen molar-refractivity contribution in [1.82, 2.24) is 15.0 Å². The van der Waals surface area contributed by atoms with E-state index in [1.165, 1.54) is 0 Å². The van der Waals surface area contributed by atoms with E-state index in [2.05, 4.69) is 35.7 Å². The van der Waals surface area contributed by atoms with E-state index in [1.807, 2.05) is 42.5 Å². The summed E-state index contributed by atoms with van der Waals surface area (Å²) in [5.41, 5.74) is 4.56. The zero-order valence-corrected chi connectivity index (χ0v) is 18.0. The van der Waals surface area contributed by atoms with E-state index < -0.39 is 0 Å². The van der Waals surface area contributed by atoms with Crippen LogP contribution in [0.3, 0.4) is 0 Å². The summed E-state index contributed by atoms with van der Waals surface area (Å²) in [6.07, 6.45) is 1.64. The molecule has 0 spiro atoms. The molecule has 32 heavy (non-hydrogen) atoms. The largest absolute Gasteiger partial charge is 0.497 e. The Bertz CT molecular complexity index is 1060. The van der Waals surface area contributed by atoms with Gasteiger partial charge in [-0.25, -0.2) is 5.43 Å². The smallest absolute Gasteiger partial charge is 0.250 e. The van der Waals surface area contributed by atoms with Crippen LogP contribution in [0.2, 0.25) is 0 Å². The molecule has 0 unspecified atom stereocenters. The molecule has 166 valence electrons. The van der Waals surface area contributed by atoms with Crippen molar-refractivity contribution in [3.05, 3.63) is 54.1 Å². The van der Waals surface area contributed by atoms with E-state index in [0.29, 0.717) is 55.6 Å². The highest BCUT2D eigenvalue weighted by atomic mass is 16.5. The molecule has 1 aliphatic heterocycles. The number of para-hydroxylation sites is 1. The van der Waals surface area contributed by atoms with Crippen LogP contribution in [0.25, 0.3) is 0 Å². The fraction of sp³-hybridized carbons (Fsp3) is 0.273. The van der Waals surface area contributed by atoms with Crippen LogP contribution in [0, 0.1) is 0 Å². The molecule has 2 heterocycles. The van der Waals surface area contributed by atoms with Gasteiger partial charge in [0.2, 0.25) is 17.8 Å². The molecule has 0 saturated carbocycles. The molecule has 0 bridgehead atoms. The summed E-state index contributed by atoms with van der Waals surface area (Å²) in [7, 11) is 3.21. The van der Waals surface area contributed by atoms with E-state index in [4.69, 9.17) is 14.2 Å². The van der Waals surface area contributed by atoms with Crippen molar-refractivity contribution in [3.63, 3.8) is 0 Å². The Balaban J connectivity index is 1.56. The number of rotatable bonds is 8. The van der Waals surface area contributed by atoms with Crippen LogP contribution in [0.1, 0.15) is 5.56 Å². The van der Waals surface area contributed by atoms with Gasteiger partial charge in [-0.1, -0.05) is 18.2 Å². The maximum Gasteiger partial charge on any atom is 0.250 e. The lowest BCUT2D eigenvalue weighted by Gasteiger charge is -2.27. The minimum Gasteiger partial charge on any atom is -0.497 e. The third-order valence-electron chi connectivity index (χ3n) is 4.76. The van der Waals surface area contributed by atoms with Gasteiger partial charge in [0.15, 0.2) is 0 Å². The summed E-state index contributed by atoms with van der Waals surface area (Å²) >= 11 is 0. The lowest BCUT2D eigenvalue weighted by atomic mass is 10.2. The van der Waals surface area contributed by atoms with Crippen LogP contribution >= 0.6 is 0 Å². The number of ether oxygens (including phenoxy) is 3. The van der Waals surface area contributed by atoms with Crippen molar-refractivity contribution in [2.45, 2.75) is 0 Å².